The van der Waals surface area contributed by atoms with Crippen LogP contribution in [0.3, 0.4) is 0 Å². The Morgan fingerprint density at radius 3 is 1.74 bits per heavy atom. The molecule has 3 rings (SSSR count). The van der Waals surface area contributed by atoms with Crippen molar-refractivity contribution in [2.45, 2.75) is 20.3 Å². The van der Waals surface area contributed by atoms with E-state index in [0.717, 1.165) is 23.1 Å². The highest BCUT2D eigenvalue weighted by Gasteiger charge is 2.14. The maximum absolute atomic E-state index is 9.57. The molecule has 0 fully saturated rings. The zero-order chi connectivity index (χ0) is 16.4. The van der Waals surface area contributed by atoms with Crippen molar-refractivity contribution in [1.29, 1.82) is 0 Å². The summed E-state index contributed by atoms with van der Waals surface area (Å²) in [4.78, 5) is 0. The minimum Gasteiger partial charge on any atom is -0.508 e. The smallest absolute Gasteiger partial charge is 0.115 e. The van der Waals surface area contributed by atoms with Crippen LogP contribution in [0.5, 0.6) is 11.5 Å². The van der Waals surface area contributed by atoms with Crippen LogP contribution in [0.1, 0.15) is 18.1 Å². The molecule has 3 aromatic rings. The van der Waals surface area contributed by atoms with Crippen LogP contribution in [0.25, 0.3) is 22.3 Å². The summed E-state index contributed by atoms with van der Waals surface area (Å²) >= 11 is 0. The van der Waals surface area contributed by atoms with Gasteiger partial charge < -0.3 is 10.2 Å². The van der Waals surface area contributed by atoms with E-state index in [9.17, 15) is 10.2 Å². The first-order chi connectivity index (χ1) is 11.1. The molecule has 116 valence electrons. The molecule has 3 aromatic carbocycles. The van der Waals surface area contributed by atoms with Crippen LogP contribution < -0.4 is 0 Å². The normalized spacial score (nSPS) is 10.7. The minimum atomic E-state index is 0.266. The maximum Gasteiger partial charge on any atom is 0.115 e. The highest BCUT2D eigenvalue weighted by Crippen LogP contribution is 2.37. The van der Waals surface area contributed by atoms with Gasteiger partial charge in [0.15, 0.2) is 0 Å². The molecular formula is C21H20O2. The van der Waals surface area contributed by atoms with Gasteiger partial charge in [-0.05, 0) is 71.0 Å². The van der Waals surface area contributed by atoms with Crippen molar-refractivity contribution in [1.82, 2.24) is 0 Å². The molecule has 0 aromatic heterocycles. The number of phenolic OH excluding ortho intramolecular Hbond substituents is 2. The summed E-state index contributed by atoms with van der Waals surface area (Å²) in [7, 11) is 0. The van der Waals surface area contributed by atoms with Crippen LogP contribution >= 0.6 is 0 Å². The number of hydrogen-bond acceptors (Lipinski definition) is 2. The number of aromatic hydroxyl groups is 2. The molecule has 2 N–H and O–H groups in total. The lowest BCUT2D eigenvalue weighted by Crippen LogP contribution is -1.95. The lowest BCUT2D eigenvalue weighted by molar-refractivity contribution is 0.475. The summed E-state index contributed by atoms with van der Waals surface area (Å²) in [6.07, 6.45) is 0.938. The summed E-state index contributed by atoms with van der Waals surface area (Å²) in [5.74, 6) is 0.536. The number of hydrogen-bond donors (Lipinski definition) is 2. The third-order valence-electron chi connectivity index (χ3n) is 4.23. The second-order valence-electron chi connectivity index (χ2n) is 5.73. The summed E-state index contributed by atoms with van der Waals surface area (Å²) in [5, 5.41) is 19.1. The summed E-state index contributed by atoms with van der Waals surface area (Å²) in [5.41, 5.74) is 7.06. The van der Waals surface area contributed by atoms with Gasteiger partial charge in [-0.15, -0.1) is 0 Å². The molecule has 2 nitrogen and oxygen atoms in total. The Bertz CT molecular complexity index is 816. The Labute approximate surface area is 136 Å². The number of benzene rings is 3. The predicted octanol–water partition coefficient (Wildman–Crippen LogP) is 5.30. The van der Waals surface area contributed by atoms with Gasteiger partial charge in [-0.25, -0.2) is 0 Å². The molecule has 0 atom stereocenters. The van der Waals surface area contributed by atoms with Gasteiger partial charge in [0, 0.05) is 0 Å². The Kier molecular flexibility index (Phi) is 4.07. The van der Waals surface area contributed by atoms with E-state index < -0.39 is 0 Å². The average molecular weight is 304 g/mol. The van der Waals surface area contributed by atoms with Gasteiger partial charge in [-0.3, -0.25) is 0 Å². The molecule has 0 unspecified atom stereocenters. The molecule has 0 spiro atoms. The molecule has 2 heteroatoms. The summed E-state index contributed by atoms with van der Waals surface area (Å²) < 4.78 is 0. The van der Waals surface area contributed by atoms with Crippen LogP contribution in [0.4, 0.5) is 0 Å². The molecule has 0 saturated carbocycles. The zero-order valence-electron chi connectivity index (χ0n) is 13.4. The number of rotatable bonds is 3. The first-order valence-corrected chi connectivity index (χ1v) is 7.81. The molecule has 0 radical (unpaired) electrons. The monoisotopic (exact) mass is 304 g/mol. The van der Waals surface area contributed by atoms with Crippen LogP contribution in [-0.4, -0.2) is 10.2 Å². The number of phenols is 2. The van der Waals surface area contributed by atoms with Gasteiger partial charge in [0.25, 0.3) is 0 Å². The molecule has 0 aliphatic heterocycles. The van der Waals surface area contributed by atoms with E-state index in [1.807, 2.05) is 24.3 Å². The van der Waals surface area contributed by atoms with Gasteiger partial charge in [0.05, 0.1) is 0 Å². The van der Waals surface area contributed by atoms with Crippen molar-refractivity contribution in [3.05, 3.63) is 71.8 Å². The molecule has 23 heavy (non-hydrogen) atoms. The van der Waals surface area contributed by atoms with E-state index in [-0.39, 0.29) is 11.5 Å². The van der Waals surface area contributed by atoms with Gasteiger partial charge in [0.2, 0.25) is 0 Å². The Morgan fingerprint density at radius 2 is 1.22 bits per heavy atom. The topological polar surface area (TPSA) is 40.5 Å². The third-order valence-corrected chi connectivity index (χ3v) is 4.23. The second-order valence-corrected chi connectivity index (χ2v) is 5.73. The Balaban J connectivity index is 2.27. The van der Waals surface area contributed by atoms with E-state index in [4.69, 9.17) is 0 Å². The second kappa shape index (κ2) is 6.17. The van der Waals surface area contributed by atoms with E-state index in [1.54, 1.807) is 24.3 Å². The molecular weight excluding hydrogens is 284 g/mol. The Morgan fingerprint density at radius 1 is 0.696 bits per heavy atom. The van der Waals surface area contributed by atoms with Crippen LogP contribution in [0.2, 0.25) is 0 Å². The first-order valence-electron chi connectivity index (χ1n) is 7.81. The van der Waals surface area contributed by atoms with Crippen molar-refractivity contribution in [2.24, 2.45) is 0 Å². The quantitative estimate of drug-likeness (QED) is 0.689. The average Bonchev–Trinajstić information content (AvgIpc) is 2.56. The Hall–Kier alpha value is -2.74. The molecule has 0 aliphatic carbocycles. The largest absolute Gasteiger partial charge is 0.508 e. The predicted molar refractivity (Wildman–Crippen MR) is 94.8 cm³/mol. The van der Waals surface area contributed by atoms with Gasteiger partial charge >= 0.3 is 0 Å². The lowest BCUT2D eigenvalue weighted by atomic mass is 9.87. The lowest BCUT2D eigenvalue weighted by Gasteiger charge is -2.17. The van der Waals surface area contributed by atoms with E-state index >= 15 is 0 Å². The van der Waals surface area contributed by atoms with Gasteiger partial charge in [-0.2, -0.15) is 0 Å². The van der Waals surface area contributed by atoms with E-state index in [2.05, 4.69) is 26.0 Å². The van der Waals surface area contributed by atoms with Crippen molar-refractivity contribution in [3.63, 3.8) is 0 Å². The van der Waals surface area contributed by atoms with Crippen molar-refractivity contribution < 1.29 is 10.2 Å². The summed E-state index contributed by atoms with van der Waals surface area (Å²) in [6, 6.07) is 18.9. The molecule has 0 saturated heterocycles. The van der Waals surface area contributed by atoms with Gasteiger partial charge in [0.1, 0.15) is 11.5 Å². The molecule has 0 amide bonds. The van der Waals surface area contributed by atoms with Crippen molar-refractivity contribution >= 4 is 0 Å². The minimum absolute atomic E-state index is 0.266. The van der Waals surface area contributed by atoms with Crippen molar-refractivity contribution in [3.8, 4) is 33.8 Å². The fourth-order valence-electron chi connectivity index (χ4n) is 3.05. The molecule has 0 heterocycles. The third kappa shape index (κ3) is 2.93. The van der Waals surface area contributed by atoms with Crippen LogP contribution in [0, 0.1) is 6.92 Å². The molecule has 0 bridgehead atoms. The standard InChI is InChI=1S/C21H20O2/c1-3-19-14(2)4-13-20(15-5-9-17(22)10-6-15)21(19)16-7-11-18(23)12-8-16/h4-13,22-23H,3H2,1-2H3. The summed E-state index contributed by atoms with van der Waals surface area (Å²) in [6.45, 7) is 4.29. The SMILES string of the molecule is CCc1c(C)ccc(-c2ccc(O)cc2)c1-c1ccc(O)cc1. The highest BCUT2D eigenvalue weighted by atomic mass is 16.3. The van der Waals surface area contributed by atoms with Crippen LogP contribution in [-0.2, 0) is 6.42 Å². The maximum atomic E-state index is 9.57. The van der Waals surface area contributed by atoms with E-state index in [1.165, 1.54) is 16.7 Å². The van der Waals surface area contributed by atoms with Crippen molar-refractivity contribution in [2.75, 3.05) is 0 Å². The van der Waals surface area contributed by atoms with Crippen LogP contribution in [0.15, 0.2) is 60.7 Å². The fourth-order valence-corrected chi connectivity index (χ4v) is 3.05. The van der Waals surface area contributed by atoms with Gasteiger partial charge in [-0.1, -0.05) is 43.3 Å². The fraction of sp³-hybridized carbons (Fsp3) is 0.143. The number of aryl methyl sites for hydroxylation is 1. The molecule has 0 aliphatic rings. The zero-order valence-corrected chi connectivity index (χ0v) is 13.4. The highest BCUT2D eigenvalue weighted by molar-refractivity contribution is 5.86. The first kappa shape index (κ1) is 15.2. The van der Waals surface area contributed by atoms with E-state index in [0.29, 0.717) is 0 Å².